The normalized spacial score (nSPS) is 13.3. The van der Waals surface area contributed by atoms with Crippen molar-refractivity contribution in [2.75, 3.05) is 7.11 Å². The first kappa shape index (κ1) is 25.8. The number of methoxy groups -OCH3 is 1. The molecule has 0 unspecified atom stereocenters. The summed E-state index contributed by atoms with van der Waals surface area (Å²) in [7, 11) is -2.89. The Morgan fingerprint density at radius 2 is 1.50 bits per heavy atom. The molecule has 7 nitrogen and oxygen atoms in total. The van der Waals surface area contributed by atoms with Crippen LogP contribution in [0.25, 0.3) is 21.8 Å². The third kappa shape index (κ3) is 3.98. The van der Waals surface area contributed by atoms with Crippen molar-refractivity contribution in [3.8, 4) is 0 Å². The lowest BCUT2D eigenvalue weighted by molar-refractivity contribution is 0.0602. The fourth-order valence-corrected chi connectivity index (χ4v) is 7.07. The summed E-state index contributed by atoms with van der Waals surface area (Å²) in [6, 6.07) is 21.6. The van der Waals surface area contributed by atoms with Gasteiger partial charge in [-0.3, -0.25) is 4.79 Å². The number of fused-ring (bicyclic) bond motifs is 5. The number of benzene rings is 4. The van der Waals surface area contributed by atoms with E-state index in [1.807, 2.05) is 57.2 Å². The second-order valence-corrected chi connectivity index (χ2v) is 12.2. The highest BCUT2D eigenvalue weighted by Crippen LogP contribution is 2.42. The van der Waals surface area contributed by atoms with Gasteiger partial charge in [-0.1, -0.05) is 59.2 Å². The van der Waals surface area contributed by atoms with Crippen LogP contribution in [0.1, 0.15) is 48.5 Å². The summed E-state index contributed by atoms with van der Waals surface area (Å²) in [5.41, 5.74) is 5.66. The number of aryl methyl sites for hydroxylation is 3. The van der Waals surface area contributed by atoms with Gasteiger partial charge in [0.05, 0.1) is 34.2 Å². The first-order valence-corrected chi connectivity index (χ1v) is 14.4. The number of esters is 1. The van der Waals surface area contributed by atoms with Crippen molar-refractivity contribution in [3.63, 3.8) is 0 Å². The van der Waals surface area contributed by atoms with Gasteiger partial charge in [-0.25, -0.2) is 17.2 Å². The standard InChI is InChI=1S/C32H28N2O5S/c1-19-5-10-22(11-6-19)17-33-18-23-16-26(32(36)39-4)30-29(28(23)31(33)35)25-15-21(3)9-14-27(25)34(30)40(37,38)24-12-7-20(2)8-13-24/h5-16H,17-18H2,1-4H3. The van der Waals surface area contributed by atoms with Crippen molar-refractivity contribution >= 4 is 43.7 Å². The van der Waals surface area contributed by atoms with Gasteiger partial charge in [0.15, 0.2) is 0 Å². The van der Waals surface area contributed by atoms with Gasteiger partial charge >= 0.3 is 5.97 Å². The van der Waals surface area contributed by atoms with Crippen LogP contribution in [-0.2, 0) is 27.8 Å². The molecule has 0 fully saturated rings. The molecule has 0 spiro atoms. The lowest BCUT2D eigenvalue weighted by Gasteiger charge is -2.15. The maximum atomic E-state index is 14.2. The molecular weight excluding hydrogens is 524 g/mol. The van der Waals surface area contributed by atoms with Crippen molar-refractivity contribution in [3.05, 3.63) is 112 Å². The van der Waals surface area contributed by atoms with Crippen LogP contribution in [-0.4, -0.2) is 36.3 Å². The average Bonchev–Trinajstić information content (AvgIpc) is 3.43. The Balaban J connectivity index is 1.67. The molecule has 1 aliphatic rings. The molecule has 6 rings (SSSR count). The van der Waals surface area contributed by atoms with Crippen molar-refractivity contribution < 1.29 is 22.7 Å². The zero-order chi connectivity index (χ0) is 28.3. The van der Waals surface area contributed by atoms with E-state index in [0.717, 1.165) is 22.3 Å². The number of amides is 1. The van der Waals surface area contributed by atoms with Gasteiger partial charge in [-0.05, 0) is 62.2 Å². The minimum absolute atomic E-state index is 0.0844. The van der Waals surface area contributed by atoms with Crippen molar-refractivity contribution in [1.82, 2.24) is 8.87 Å². The number of hydrogen-bond donors (Lipinski definition) is 0. The Bertz CT molecular complexity index is 1950. The summed E-state index contributed by atoms with van der Waals surface area (Å²) in [6.07, 6.45) is 0. The lowest BCUT2D eigenvalue weighted by Crippen LogP contribution is -2.23. The van der Waals surface area contributed by atoms with Crippen molar-refractivity contribution in [2.45, 2.75) is 38.8 Å². The van der Waals surface area contributed by atoms with Crippen LogP contribution >= 0.6 is 0 Å². The molecule has 0 atom stereocenters. The van der Waals surface area contributed by atoms with Crippen LogP contribution in [0.4, 0.5) is 0 Å². The maximum Gasteiger partial charge on any atom is 0.340 e. The monoisotopic (exact) mass is 552 g/mol. The zero-order valence-electron chi connectivity index (χ0n) is 22.7. The first-order chi connectivity index (χ1) is 19.1. The molecule has 0 saturated heterocycles. The number of hydrogen-bond acceptors (Lipinski definition) is 5. The molecule has 0 saturated carbocycles. The largest absolute Gasteiger partial charge is 0.465 e. The molecule has 8 heteroatoms. The zero-order valence-corrected chi connectivity index (χ0v) is 23.5. The number of rotatable bonds is 5. The quantitative estimate of drug-likeness (QED) is 0.254. The van der Waals surface area contributed by atoms with Crippen LogP contribution < -0.4 is 0 Å². The Morgan fingerprint density at radius 1 is 0.875 bits per heavy atom. The predicted octanol–water partition coefficient (Wildman–Crippen LogP) is 5.90. The second kappa shape index (κ2) is 9.34. The smallest absolute Gasteiger partial charge is 0.340 e. The van der Waals surface area contributed by atoms with Gasteiger partial charge in [0.25, 0.3) is 15.9 Å². The minimum atomic E-state index is -4.16. The molecule has 40 heavy (non-hydrogen) atoms. The van der Waals surface area contributed by atoms with Gasteiger partial charge in [-0.2, -0.15) is 0 Å². The molecule has 0 radical (unpaired) electrons. The third-order valence-corrected chi connectivity index (χ3v) is 9.27. The maximum absolute atomic E-state index is 14.2. The van der Waals surface area contributed by atoms with Crippen LogP contribution in [0.3, 0.4) is 0 Å². The summed E-state index contributed by atoms with van der Waals surface area (Å²) >= 11 is 0. The minimum Gasteiger partial charge on any atom is -0.465 e. The summed E-state index contributed by atoms with van der Waals surface area (Å²) in [4.78, 5) is 29.0. The van der Waals surface area contributed by atoms with Crippen molar-refractivity contribution in [2.24, 2.45) is 0 Å². The molecule has 1 aromatic heterocycles. The molecule has 1 amide bonds. The van der Waals surface area contributed by atoms with E-state index in [4.69, 9.17) is 4.74 Å². The molecule has 2 heterocycles. The topological polar surface area (TPSA) is 85.7 Å². The molecule has 0 aliphatic carbocycles. The van der Waals surface area contributed by atoms with Crippen LogP contribution in [0, 0.1) is 20.8 Å². The van der Waals surface area contributed by atoms with E-state index in [1.165, 1.54) is 11.1 Å². The fraction of sp³-hybridized carbons (Fsp3) is 0.188. The van der Waals surface area contributed by atoms with E-state index in [9.17, 15) is 18.0 Å². The summed E-state index contributed by atoms with van der Waals surface area (Å²) in [5, 5.41) is 1.04. The molecule has 4 aromatic carbocycles. The summed E-state index contributed by atoms with van der Waals surface area (Å²) < 4.78 is 34.8. The van der Waals surface area contributed by atoms with E-state index in [-0.39, 0.29) is 21.9 Å². The number of aromatic nitrogens is 1. The van der Waals surface area contributed by atoms with Gasteiger partial charge in [0.2, 0.25) is 0 Å². The Morgan fingerprint density at radius 3 is 2.15 bits per heavy atom. The Kier molecular flexibility index (Phi) is 6.03. The highest BCUT2D eigenvalue weighted by atomic mass is 32.2. The summed E-state index contributed by atoms with van der Waals surface area (Å²) in [6.45, 7) is 6.49. The molecule has 0 bridgehead atoms. The first-order valence-electron chi connectivity index (χ1n) is 13.0. The number of carbonyl (C=O) groups excluding carboxylic acids is 2. The van der Waals surface area contributed by atoms with Crippen molar-refractivity contribution in [1.29, 1.82) is 0 Å². The van der Waals surface area contributed by atoms with Gasteiger partial charge < -0.3 is 9.64 Å². The molecule has 202 valence electrons. The molecular formula is C32H28N2O5S. The predicted molar refractivity (Wildman–Crippen MR) is 154 cm³/mol. The fourth-order valence-electron chi connectivity index (χ4n) is 5.53. The van der Waals surface area contributed by atoms with E-state index >= 15 is 0 Å². The molecule has 5 aromatic rings. The van der Waals surface area contributed by atoms with E-state index in [0.29, 0.717) is 40.5 Å². The average molecular weight is 553 g/mol. The Hall–Kier alpha value is -4.43. The van der Waals surface area contributed by atoms with Gasteiger partial charge in [-0.15, -0.1) is 0 Å². The SMILES string of the molecule is COC(=O)c1cc2c(c3c4cc(C)ccc4n(S(=O)(=O)c4ccc(C)cc4)c13)C(=O)N(Cc1ccc(C)cc1)C2. The molecule has 0 N–H and O–H groups in total. The van der Waals surface area contributed by atoms with Crippen LogP contribution in [0.5, 0.6) is 0 Å². The van der Waals surface area contributed by atoms with Crippen LogP contribution in [0.15, 0.2) is 77.7 Å². The van der Waals surface area contributed by atoms with E-state index in [2.05, 4.69) is 0 Å². The van der Waals surface area contributed by atoms with E-state index in [1.54, 1.807) is 41.3 Å². The van der Waals surface area contributed by atoms with E-state index < -0.39 is 16.0 Å². The highest BCUT2D eigenvalue weighted by Gasteiger charge is 2.36. The molecule has 1 aliphatic heterocycles. The number of nitrogens with zero attached hydrogens (tertiary/aromatic N) is 2. The number of ether oxygens (including phenoxy) is 1. The van der Waals surface area contributed by atoms with Crippen LogP contribution in [0.2, 0.25) is 0 Å². The third-order valence-electron chi connectivity index (χ3n) is 7.55. The lowest BCUT2D eigenvalue weighted by atomic mass is 9.98. The highest BCUT2D eigenvalue weighted by molar-refractivity contribution is 7.90. The number of carbonyl (C=O) groups is 2. The van der Waals surface area contributed by atoms with Gasteiger partial charge in [0.1, 0.15) is 0 Å². The summed E-state index contributed by atoms with van der Waals surface area (Å²) in [5.74, 6) is -0.873. The second-order valence-electron chi connectivity index (χ2n) is 10.4. The Labute approximate surface area is 232 Å². The van der Waals surface area contributed by atoms with Gasteiger partial charge in [0, 0.05) is 23.9 Å².